The third-order valence-corrected chi connectivity index (χ3v) is 1.52. The predicted octanol–water partition coefficient (Wildman–Crippen LogP) is 1.67. The van der Waals surface area contributed by atoms with E-state index in [4.69, 9.17) is 5.11 Å². The summed E-state index contributed by atoms with van der Waals surface area (Å²) in [6.45, 7) is 0. The summed E-state index contributed by atoms with van der Waals surface area (Å²) in [6.07, 6.45) is 0. The van der Waals surface area contributed by atoms with Gasteiger partial charge in [-0.15, -0.1) is 12.6 Å². The molecule has 52 valence electrons. The van der Waals surface area contributed by atoms with Gasteiger partial charge in [0.2, 0.25) is 0 Å². The van der Waals surface area contributed by atoms with Crippen molar-refractivity contribution >= 4 is 18.6 Å². The fourth-order valence-electron chi connectivity index (χ4n) is 0.654. The number of hydrogen-bond donors (Lipinski definition) is 2. The highest BCUT2D eigenvalue weighted by molar-refractivity contribution is 7.80. The van der Waals surface area contributed by atoms with Gasteiger partial charge in [-0.2, -0.15) is 0 Å². The average molecular weight is 156 g/mol. The maximum Gasteiger partial charge on any atom is 0.336 e. The summed E-state index contributed by atoms with van der Waals surface area (Å²) in [5.74, 6) is -0.939. The molecule has 0 spiro atoms. The van der Waals surface area contributed by atoms with E-state index in [0.29, 0.717) is 4.90 Å². The third-order valence-electron chi connectivity index (χ3n) is 1.13. The SMILES string of the molecule is O=[14C](O)c1ccccc1S. The highest BCUT2D eigenvalue weighted by atomic mass is 32.1. The van der Waals surface area contributed by atoms with Crippen LogP contribution in [-0.2, 0) is 0 Å². The van der Waals surface area contributed by atoms with Crippen molar-refractivity contribution < 1.29 is 9.90 Å². The lowest BCUT2D eigenvalue weighted by molar-refractivity contribution is 0.0693. The number of benzene rings is 1. The lowest BCUT2D eigenvalue weighted by Gasteiger charge is -1.95. The molecule has 0 heterocycles. The first kappa shape index (κ1) is 7.15. The third kappa shape index (κ3) is 1.30. The number of hydrogen-bond acceptors (Lipinski definition) is 2. The lowest BCUT2D eigenvalue weighted by atomic mass is 10.3. The van der Waals surface area contributed by atoms with E-state index < -0.39 is 5.97 Å². The van der Waals surface area contributed by atoms with Crippen LogP contribution in [0, 0.1) is 0 Å². The zero-order valence-electron chi connectivity index (χ0n) is 5.11. The molecule has 0 unspecified atom stereocenters. The van der Waals surface area contributed by atoms with Crippen LogP contribution in [0.2, 0.25) is 0 Å². The smallest absolute Gasteiger partial charge is 0.336 e. The van der Waals surface area contributed by atoms with Crippen molar-refractivity contribution in [3.05, 3.63) is 29.8 Å². The predicted molar refractivity (Wildman–Crippen MR) is 40.7 cm³/mol. The molecular weight excluding hydrogens is 150 g/mol. The first-order valence-electron chi connectivity index (χ1n) is 2.73. The molecule has 0 fully saturated rings. The van der Waals surface area contributed by atoms with Gasteiger partial charge < -0.3 is 5.11 Å². The molecule has 1 aromatic carbocycles. The Hall–Kier alpha value is -0.960. The first-order valence-corrected chi connectivity index (χ1v) is 3.18. The summed E-state index contributed by atoms with van der Waals surface area (Å²) >= 11 is 3.96. The number of carboxylic acid groups (broad SMARTS) is 1. The number of carbonyl (C=O) groups is 1. The Bertz CT molecular complexity index is 258. The molecular formula is C7H6O2S. The molecule has 0 atom stereocenters. The van der Waals surface area contributed by atoms with Crippen LogP contribution in [0.1, 0.15) is 10.4 Å². The van der Waals surface area contributed by atoms with Crippen molar-refractivity contribution in [3.8, 4) is 0 Å². The molecule has 0 radical (unpaired) electrons. The summed E-state index contributed by atoms with van der Waals surface area (Å²) in [7, 11) is 0. The van der Waals surface area contributed by atoms with Gasteiger partial charge in [0.05, 0.1) is 5.56 Å². The van der Waals surface area contributed by atoms with E-state index in [9.17, 15) is 4.79 Å². The second-order valence-corrected chi connectivity index (χ2v) is 2.30. The molecule has 0 saturated heterocycles. The summed E-state index contributed by atoms with van der Waals surface area (Å²) in [5, 5.41) is 8.52. The van der Waals surface area contributed by atoms with Crippen LogP contribution in [0.3, 0.4) is 0 Å². The van der Waals surface area contributed by atoms with Crippen molar-refractivity contribution in [2.24, 2.45) is 0 Å². The zero-order valence-corrected chi connectivity index (χ0v) is 6.01. The molecule has 0 aliphatic heterocycles. The molecule has 3 heteroatoms. The van der Waals surface area contributed by atoms with Gasteiger partial charge >= 0.3 is 5.97 Å². The van der Waals surface area contributed by atoms with Crippen LogP contribution in [0.25, 0.3) is 0 Å². The monoisotopic (exact) mass is 156 g/mol. The quantitative estimate of drug-likeness (QED) is 0.607. The highest BCUT2D eigenvalue weighted by Crippen LogP contribution is 2.11. The van der Waals surface area contributed by atoms with Gasteiger partial charge in [-0.25, -0.2) is 4.79 Å². The fourth-order valence-corrected chi connectivity index (χ4v) is 0.911. The molecule has 0 bridgehead atoms. The van der Waals surface area contributed by atoms with Crippen molar-refractivity contribution in [3.63, 3.8) is 0 Å². The number of rotatable bonds is 1. The number of thiol groups is 1. The van der Waals surface area contributed by atoms with E-state index in [1.54, 1.807) is 18.2 Å². The van der Waals surface area contributed by atoms with Gasteiger partial charge in [0, 0.05) is 4.90 Å². The second-order valence-electron chi connectivity index (χ2n) is 1.82. The van der Waals surface area contributed by atoms with Gasteiger partial charge in [-0.05, 0) is 12.1 Å². The van der Waals surface area contributed by atoms with E-state index in [1.165, 1.54) is 6.07 Å². The Balaban J connectivity index is 3.15. The Morgan fingerprint density at radius 3 is 2.40 bits per heavy atom. The molecule has 0 aliphatic rings. The van der Waals surface area contributed by atoms with E-state index in [0.717, 1.165) is 0 Å². The van der Waals surface area contributed by atoms with E-state index in [2.05, 4.69) is 12.6 Å². The van der Waals surface area contributed by atoms with Crippen LogP contribution >= 0.6 is 12.6 Å². The van der Waals surface area contributed by atoms with Crippen molar-refractivity contribution in [2.45, 2.75) is 4.90 Å². The minimum Gasteiger partial charge on any atom is -0.478 e. The van der Waals surface area contributed by atoms with Crippen LogP contribution in [0.15, 0.2) is 29.2 Å². The molecule has 0 saturated carbocycles. The molecule has 2 nitrogen and oxygen atoms in total. The zero-order chi connectivity index (χ0) is 7.56. The van der Waals surface area contributed by atoms with E-state index in [-0.39, 0.29) is 5.56 Å². The van der Waals surface area contributed by atoms with Gasteiger partial charge in [-0.1, -0.05) is 12.1 Å². The highest BCUT2D eigenvalue weighted by Gasteiger charge is 2.03. The van der Waals surface area contributed by atoms with Crippen molar-refractivity contribution in [1.82, 2.24) is 0 Å². The van der Waals surface area contributed by atoms with Crippen molar-refractivity contribution in [2.75, 3.05) is 0 Å². The number of aromatic carboxylic acids is 1. The Labute approximate surface area is 63.9 Å². The Morgan fingerprint density at radius 1 is 1.40 bits per heavy atom. The molecule has 0 aliphatic carbocycles. The molecule has 10 heavy (non-hydrogen) atoms. The molecule has 1 rings (SSSR count). The lowest BCUT2D eigenvalue weighted by Crippen LogP contribution is -1.96. The first-order chi connectivity index (χ1) is 4.72. The molecule has 1 N–H and O–H groups in total. The summed E-state index contributed by atoms with van der Waals surface area (Å²) in [4.78, 5) is 10.9. The minimum absolute atomic E-state index is 0.242. The van der Waals surface area contributed by atoms with E-state index >= 15 is 0 Å². The van der Waals surface area contributed by atoms with Gasteiger partial charge in [-0.3, -0.25) is 0 Å². The maximum absolute atomic E-state index is 10.4. The molecule has 0 aromatic heterocycles. The van der Waals surface area contributed by atoms with Gasteiger partial charge in [0.1, 0.15) is 0 Å². The van der Waals surface area contributed by atoms with Gasteiger partial charge in [0.25, 0.3) is 0 Å². The average Bonchev–Trinajstić information content (AvgIpc) is 1.88. The standard InChI is InChI=1S/C7H6O2S/c8-7(9)5-3-1-2-4-6(5)10/h1-4,10H,(H,8,9)/i7+2. The fraction of sp³-hybridized carbons (Fsp3) is 0. The van der Waals surface area contributed by atoms with Crippen LogP contribution < -0.4 is 0 Å². The normalized spacial score (nSPS) is 9.30. The Kier molecular flexibility index (Phi) is 1.97. The van der Waals surface area contributed by atoms with Crippen LogP contribution in [-0.4, -0.2) is 11.1 Å². The number of carboxylic acids is 1. The van der Waals surface area contributed by atoms with Crippen LogP contribution in [0.5, 0.6) is 0 Å². The summed E-state index contributed by atoms with van der Waals surface area (Å²) in [5.41, 5.74) is 0.242. The van der Waals surface area contributed by atoms with Gasteiger partial charge in [0.15, 0.2) is 0 Å². The van der Waals surface area contributed by atoms with Crippen LogP contribution in [0.4, 0.5) is 0 Å². The second kappa shape index (κ2) is 2.75. The summed E-state index contributed by atoms with van der Waals surface area (Å²) < 4.78 is 0. The Morgan fingerprint density at radius 2 is 2.00 bits per heavy atom. The largest absolute Gasteiger partial charge is 0.478 e. The van der Waals surface area contributed by atoms with E-state index in [1.807, 2.05) is 0 Å². The molecule has 0 amide bonds. The van der Waals surface area contributed by atoms with Crippen molar-refractivity contribution in [1.29, 1.82) is 0 Å². The maximum atomic E-state index is 10.4. The minimum atomic E-state index is -0.939. The molecule has 1 aromatic rings. The topological polar surface area (TPSA) is 37.3 Å². The summed E-state index contributed by atoms with van der Waals surface area (Å²) in [6, 6.07) is 6.58.